The summed E-state index contributed by atoms with van der Waals surface area (Å²) >= 11 is 5.16. The number of hydrogen-bond acceptors (Lipinski definition) is 3. The van der Waals surface area contributed by atoms with Gasteiger partial charge in [-0.1, -0.05) is 0 Å². The molecule has 2 aromatic rings. The topological polar surface area (TPSA) is 66.1 Å². The number of carbonyl (C=O) groups is 1. The summed E-state index contributed by atoms with van der Waals surface area (Å²) < 4.78 is 15.4. The molecule has 1 aromatic carbocycles. The number of aromatic nitrogens is 2. The van der Waals surface area contributed by atoms with Gasteiger partial charge in [0.1, 0.15) is 11.3 Å². The quantitative estimate of drug-likeness (QED) is 0.490. The molecule has 0 unspecified atom stereocenters. The van der Waals surface area contributed by atoms with Gasteiger partial charge in [-0.3, -0.25) is 9.59 Å². The lowest BCUT2D eigenvalue weighted by Gasteiger charge is -2.30. The minimum Gasteiger partial charge on any atom is -0.343 e. The van der Waals surface area contributed by atoms with E-state index < -0.39 is 5.82 Å². The first-order valence-corrected chi connectivity index (χ1v) is 9.08. The molecule has 1 aromatic heterocycles. The second-order valence-electron chi connectivity index (χ2n) is 5.61. The molecule has 23 heavy (non-hydrogen) atoms. The Balaban J connectivity index is 2.01. The smallest absolute Gasteiger partial charge is 0.258 e. The number of benzene rings is 1. The fourth-order valence-corrected chi connectivity index (χ4v) is 3.71. The van der Waals surface area contributed by atoms with Gasteiger partial charge in [-0.05, 0) is 57.4 Å². The van der Waals surface area contributed by atoms with Crippen LogP contribution in [0.5, 0.6) is 0 Å². The zero-order valence-corrected chi connectivity index (χ0v) is 16.1. The third kappa shape index (κ3) is 3.15. The van der Waals surface area contributed by atoms with E-state index in [0.717, 1.165) is 0 Å². The van der Waals surface area contributed by atoms with E-state index >= 15 is 0 Å². The molecule has 1 fully saturated rings. The molecule has 1 aliphatic heterocycles. The molecular weight excluding hydrogens is 480 g/mol. The third-order valence-corrected chi connectivity index (χ3v) is 6.55. The van der Waals surface area contributed by atoms with Gasteiger partial charge in [0.2, 0.25) is 5.91 Å². The molecule has 1 saturated heterocycles. The van der Waals surface area contributed by atoms with Crippen LogP contribution in [0.1, 0.15) is 31.5 Å². The number of fused-ring (bicyclic) bond motifs is 1. The van der Waals surface area contributed by atoms with Crippen molar-refractivity contribution in [2.45, 2.75) is 25.7 Å². The lowest BCUT2D eigenvalue weighted by atomic mass is 9.95. The van der Waals surface area contributed by atoms with Crippen LogP contribution in [-0.2, 0) is 4.79 Å². The van der Waals surface area contributed by atoms with Gasteiger partial charge in [0, 0.05) is 29.5 Å². The van der Waals surface area contributed by atoms with Crippen LogP contribution in [0, 0.1) is 9.39 Å². The van der Waals surface area contributed by atoms with Gasteiger partial charge in [0.05, 0.1) is 9.86 Å². The normalized spacial score (nSPS) is 16.1. The van der Waals surface area contributed by atoms with Crippen LogP contribution in [0.4, 0.5) is 4.39 Å². The minimum atomic E-state index is -0.513. The van der Waals surface area contributed by atoms with Crippen LogP contribution >= 0.6 is 38.5 Å². The zero-order chi connectivity index (χ0) is 16.7. The predicted octanol–water partition coefficient (Wildman–Crippen LogP) is 3.16. The van der Waals surface area contributed by atoms with Gasteiger partial charge in [0.25, 0.3) is 5.56 Å². The first-order valence-electron chi connectivity index (χ1n) is 7.21. The summed E-state index contributed by atoms with van der Waals surface area (Å²) in [4.78, 5) is 32.6. The van der Waals surface area contributed by atoms with Crippen molar-refractivity contribution in [2.75, 3.05) is 13.1 Å². The van der Waals surface area contributed by atoms with Crippen molar-refractivity contribution in [2.24, 2.45) is 0 Å². The van der Waals surface area contributed by atoms with Gasteiger partial charge < -0.3 is 9.88 Å². The maximum Gasteiger partial charge on any atom is 0.258 e. The summed E-state index contributed by atoms with van der Waals surface area (Å²) in [6, 6.07) is 1.62. The fraction of sp³-hybridized carbons (Fsp3) is 0.400. The molecule has 122 valence electrons. The Hall–Kier alpha value is -1.03. The summed E-state index contributed by atoms with van der Waals surface area (Å²) in [7, 11) is 0. The van der Waals surface area contributed by atoms with E-state index in [0.29, 0.717) is 39.8 Å². The van der Waals surface area contributed by atoms with Crippen molar-refractivity contribution in [3.63, 3.8) is 0 Å². The minimum absolute atomic E-state index is 0.0279. The van der Waals surface area contributed by atoms with E-state index in [1.54, 1.807) is 17.9 Å². The number of likely N-dealkylation sites (tertiary alicyclic amines) is 1. The second-order valence-corrected chi connectivity index (χ2v) is 7.57. The number of piperidine rings is 1. The molecule has 0 atom stereocenters. The number of nitrogens with zero attached hydrogens (tertiary/aromatic N) is 2. The molecule has 2 heterocycles. The average Bonchev–Trinajstić information content (AvgIpc) is 2.53. The van der Waals surface area contributed by atoms with Gasteiger partial charge in [0.15, 0.2) is 5.82 Å². The van der Waals surface area contributed by atoms with Crippen LogP contribution in [-0.4, -0.2) is 33.9 Å². The number of aromatic amines is 1. The molecule has 0 radical (unpaired) electrons. The highest BCUT2D eigenvalue weighted by Gasteiger charge is 2.25. The lowest BCUT2D eigenvalue weighted by Crippen LogP contribution is -2.37. The van der Waals surface area contributed by atoms with E-state index in [9.17, 15) is 14.0 Å². The molecule has 1 amide bonds. The Morgan fingerprint density at radius 1 is 1.48 bits per heavy atom. The van der Waals surface area contributed by atoms with Crippen molar-refractivity contribution in [3.8, 4) is 0 Å². The van der Waals surface area contributed by atoms with Crippen molar-refractivity contribution >= 4 is 55.3 Å². The monoisotopic (exact) mass is 493 g/mol. The van der Waals surface area contributed by atoms with E-state index in [1.165, 1.54) is 0 Å². The summed E-state index contributed by atoms with van der Waals surface area (Å²) in [5.74, 6) is 0.0613. The number of H-pyrrole nitrogens is 1. The van der Waals surface area contributed by atoms with Crippen LogP contribution in [0.2, 0.25) is 0 Å². The highest BCUT2D eigenvalue weighted by Crippen LogP contribution is 2.30. The van der Waals surface area contributed by atoms with Gasteiger partial charge in [-0.25, -0.2) is 9.37 Å². The van der Waals surface area contributed by atoms with Crippen molar-refractivity contribution in [1.82, 2.24) is 14.9 Å². The van der Waals surface area contributed by atoms with Gasteiger partial charge in [-0.15, -0.1) is 0 Å². The molecule has 0 spiro atoms. The number of carbonyl (C=O) groups excluding carboxylic acids is 1. The first kappa shape index (κ1) is 16.8. The number of nitrogens with one attached hydrogen (secondary N) is 1. The predicted molar refractivity (Wildman–Crippen MR) is 97.0 cm³/mol. The Morgan fingerprint density at radius 2 is 2.13 bits per heavy atom. The number of rotatable bonds is 1. The second kappa shape index (κ2) is 6.46. The summed E-state index contributed by atoms with van der Waals surface area (Å²) in [5, 5.41) is 0.250. The first-order chi connectivity index (χ1) is 10.9. The zero-order valence-electron chi connectivity index (χ0n) is 12.3. The number of hydrogen-bond donors (Lipinski definition) is 1. The molecule has 1 aliphatic rings. The molecule has 0 aliphatic carbocycles. The van der Waals surface area contributed by atoms with Gasteiger partial charge >= 0.3 is 0 Å². The highest BCUT2D eigenvalue weighted by atomic mass is 127. The third-order valence-electron chi connectivity index (χ3n) is 4.18. The fourth-order valence-electron chi connectivity index (χ4n) is 2.86. The molecular formula is C15H14BrFIN3O2. The van der Waals surface area contributed by atoms with Gasteiger partial charge in [-0.2, -0.15) is 0 Å². The Labute approximate surface area is 153 Å². The molecule has 0 saturated carbocycles. The summed E-state index contributed by atoms with van der Waals surface area (Å²) in [6.45, 7) is 2.80. The van der Waals surface area contributed by atoms with E-state index in [4.69, 9.17) is 0 Å². The Bertz CT molecular complexity index is 847. The van der Waals surface area contributed by atoms with E-state index in [-0.39, 0.29) is 28.3 Å². The average molecular weight is 494 g/mol. The summed E-state index contributed by atoms with van der Waals surface area (Å²) in [6.07, 6.45) is 1.42. The number of amides is 1. The van der Waals surface area contributed by atoms with Crippen LogP contribution < -0.4 is 5.56 Å². The molecule has 1 N–H and O–H groups in total. The Morgan fingerprint density at radius 3 is 2.74 bits per heavy atom. The van der Waals surface area contributed by atoms with Crippen LogP contribution in [0.25, 0.3) is 10.9 Å². The Kier molecular flexibility index (Phi) is 4.73. The van der Waals surface area contributed by atoms with Crippen molar-refractivity contribution in [1.29, 1.82) is 0 Å². The standard InChI is InChI=1S/C15H14BrFIN3O2/c1-7(22)21-4-2-8(3-5-21)14-19-13-9(15(23)20-14)6-10(18)11(16)12(13)17/h6,8H,2-5H2,1H3,(H,19,20,23). The lowest BCUT2D eigenvalue weighted by molar-refractivity contribution is -0.129. The maximum absolute atomic E-state index is 14.4. The number of halogens is 3. The van der Waals surface area contributed by atoms with E-state index in [2.05, 4.69) is 25.9 Å². The van der Waals surface area contributed by atoms with Crippen molar-refractivity contribution in [3.05, 3.63) is 36.1 Å². The van der Waals surface area contributed by atoms with Crippen molar-refractivity contribution < 1.29 is 9.18 Å². The highest BCUT2D eigenvalue weighted by molar-refractivity contribution is 14.1. The van der Waals surface area contributed by atoms with Crippen LogP contribution in [0.15, 0.2) is 15.3 Å². The molecule has 8 heteroatoms. The maximum atomic E-state index is 14.4. The van der Waals surface area contributed by atoms with Crippen LogP contribution in [0.3, 0.4) is 0 Å². The molecule has 5 nitrogen and oxygen atoms in total. The largest absolute Gasteiger partial charge is 0.343 e. The van der Waals surface area contributed by atoms with E-state index in [1.807, 2.05) is 22.6 Å². The molecule has 3 rings (SSSR count). The SMILES string of the molecule is CC(=O)N1CCC(c2nc3c(F)c(Br)c(I)cc3c(=O)[nH]2)CC1. The molecule has 0 bridgehead atoms. The summed E-state index contributed by atoms with van der Waals surface area (Å²) in [5.41, 5.74) is -0.242.